The fraction of sp³-hybridized carbons (Fsp3) is 0.600. The van der Waals surface area contributed by atoms with Crippen molar-refractivity contribution in [3.63, 3.8) is 0 Å². The van der Waals surface area contributed by atoms with Gasteiger partial charge in [0.15, 0.2) is 0 Å². The molecule has 0 spiro atoms. The fourth-order valence-electron chi connectivity index (χ4n) is 2.43. The number of ether oxygens (including phenoxy) is 1. The number of likely N-dealkylation sites (tertiary alicyclic amines) is 1. The molecule has 5 heteroatoms. The number of nitrogens with zero attached hydrogens (tertiary/aromatic N) is 2. The molecule has 0 unspecified atom stereocenters. The molecule has 1 atom stereocenters. The Morgan fingerprint density at radius 1 is 1.50 bits per heavy atom. The van der Waals surface area contributed by atoms with E-state index < -0.39 is 5.60 Å². The molecule has 2 heterocycles. The standard InChI is InChI=1S/C15H21BrN2O2/c1-15(2,3)20-14(19)13-5-4-6-18(13)10-11-7-12(16)9-17-8-11/h7-9,13H,4-6,10H2,1-3H3/t13-/m0/s1. The lowest BCUT2D eigenvalue weighted by Crippen LogP contribution is -2.40. The van der Waals surface area contributed by atoms with Crippen molar-refractivity contribution >= 4 is 21.9 Å². The van der Waals surface area contributed by atoms with Gasteiger partial charge in [-0.3, -0.25) is 14.7 Å². The molecular weight excluding hydrogens is 320 g/mol. The van der Waals surface area contributed by atoms with Crippen molar-refractivity contribution in [2.24, 2.45) is 0 Å². The molecule has 1 aliphatic heterocycles. The molecule has 0 aliphatic carbocycles. The number of pyridine rings is 1. The number of carbonyl (C=O) groups is 1. The van der Waals surface area contributed by atoms with Gasteiger partial charge in [-0.05, 0) is 67.7 Å². The van der Waals surface area contributed by atoms with Gasteiger partial charge in [0.25, 0.3) is 0 Å². The second-order valence-corrected chi connectivity index (χ2v) is 7.09. The lowest BCUT2D eigenvalue weighted by Gasteiger charge is -2.27. The first-order valence-corrected chi connectivity index (χ1v) is 7.71. The highest BCUT2D eigenvalue weighted by Gasteiger charge is 2.33. The Bertz CT molecular complexity index is 485. The van der Waals surface area contributed by atoms with Crippen LogP contribution in [0.2, 0.25) is 0 Å². The summed E-state index contributed by atoms with van der Waals surface area (Å²) >= 11 is 3.42. The van der Waals surface area contributed by atoms with E-state index in [9.17, 15) is 4.79 Å². The Labute approximate surface area is 128 Å². The Morgan fingerprint density at radius 3 is 2.90 bits per heavy atom. The van der Waals surface area contributed by atoms with Gasteiger partial charge in [0.2, 0.25) is 0 Å². The van der Waals surface area contributed by atoms with E-state index in [1.54, 1.807) is 6.20 Å². The minimum atomic E-state index is -0.428. The molecule has 0 radical (unpaired) electrons. The van der Waals surface area contributed by atoms with Crippen LogP contribution in [0.1, 0.15) is 39.2 Å². The Balaban J connectivity index is 2.02. The van der Waals surface area contributed by atoms with Crippen LogP contribution in [0.4, 0.5) is 0 Å². The Kier molecular flexibility index (Phi) is 4.81. The maximum atomic E-state index is 12.2. The zero-order chi connectivity index (χ0) is 14.8. The Hall–Kier alpha value is -0.940. The number of hydrogen-bond acceptors (Lipinski definition) is 4. The first-order valence-electron chi connectivity index (χ1n) is 6.91. The summed E-state index contributed by atoms with van der Waals surface area (Å²) in [7, 11) is 0. The van der Waals surface area contributed by atoms with Gasteiger partial charge in [0.1, 0.15) is 11.6 Å². The van der Waals surface area contributed by atoms with Crippen molar-refractivity contribution in [1.82, 2.24) is 9.88 Å². The molecule has 1 fully saturated rings. The molecule has 20 heavy (non-hydrogen) atoms. The molecule has 0 N–H and O–H groups in total. The van der Waals surface area contributed by atoms with Crippen LogP contribution in [0, 0.1) is 0 Å². The van der Waals surface area contributed by atoms with Crippen molar-refractivity contribution in [1.29, 1.82) is 0 Å². The van der Waals surface area contributed by atoms with Crippen LogP contribution < -0.4 is 0 Å². The summed E-state index contributed by atoms with van der Waals surface area (Å²) in [5.74, 6) is -0.113. The first-order chi connectivity index (χ1) is 9.35. The maximum absolute atomic E-state index is 12.2. The van der Waals surface area contributed by atoms with Crippen molar-refractivity contribution in [3.8, 4) is 0 Å². The normalized spacial score (nSPS) is 20.1. The first kappa shape index (κ1) is 15.4. The van der Waals surface area contributed by atoms with E-state index in [2.05, 4.69) is 25.8 Å². The summed E-state index contributed by atoms with van der Waals surface area (Å²) in [5.41, 5.74) is 0.678. The number of aromatic nitrogens is 1. The van der Waals surface area contributed by atoms with E-state index in [4.69, 9.17) is 4.74 Å². The van der Waals surface area contributed by atoms with Crippen LogP contribution in [0.25, 0.3) is 0 Å². The molecule has 1 saturated heterocycles. The fourth-order valence-corrected chi connectivity index (χ4v) is 2.84. The minimum absolute atomic E-state index is 0.113. The second kappa shape index (κ2) is 6.22. The Morgan fingerprint density at radius 2 is 2.25 bits per heavy atom. The van der Waals surface area contributed by atoms with Gasteiger partial charge >= 0.3 is 5.97 Å². The predicted octanol–water partition coefficient (Wildman–Crippen LogP) is 3.15. The van der Waals surface area contributed by atoms with Crippen LogP contribution in [0.5, 0.6) is 0 Å². The van der Waals surface area contributed by atoms with Gasteiger partial charge < -0.3 is 4.74 Å². The van der Waals surface area contributed by atoms with E-state index in [-0.39, 0.29) is 12.0 Å². The molecule has 1 aromatic heterocycles. The van der Waals surface area contributed by atoms with Crippen molar-refractivity contribution in [2.45, 2.75) is 51.8 Å². The summed E-state index contributed by atoms with van der Waals surface area (Å²) in [6.45, 7) is 7.38. The number of esters is 1. The third kappa shape index (κ3) is 4.28. The van der Waals surface area contributed by atoms with E-state index >= 15 is 0 Å². The van der Waals surface area contributed by atoms with E-state index in [1.807, 2.05) is 33.0 Å². The number of rotatable bonds is 3. The monoisotopic (exact) mass is 340 g/mol. The number of carbonyl (C=O) groups excluding carboxylic acids is 1. The van der Waals surface area contributed by atoms with Crippen LogP contribution in [-0.4, -0.2) is 34.0 Å². The molecule has 0 amide bonds. The van der Waals surface area contributed by atoms with Gasteiger partial charge in [-0.2, -0.15) is 0 Å². The van der Waals surface area contributed by atoms with Crippen LogP contribution in [-0.2, 0) is 16.1 Å². The zero-order valence-electron chi connectivity index (χ0n) is 12.2. The van der Waals surface area contributed by atoms with E-state index in [0.717, 1.165) is 36.0 Å². The molecule has 0 bridgehead atoms. The van der Waals surface area contributed by atoms with Crippen molar-refractivity contribution < 1.29 is 9.53 Å². The highest BCUT2D eigenvalue weighted by molar-refractivity contribution is 9.10. The number of halogens is 1. The third-order valence-corrected chi connectivity index (χ3v) is 3.62. The quantitative estimate of drug-likeness (QED) is 0.792. The molecular formula is C15H21BrN2O2. The molecule has 0 saturated carbocycles. The van der Waals surface area contributed by atoms with Crippen molar-refractivity contribution in [3.05, 3.63) is 28.5 Å². The summed E-state index contributed by atoms with van der Waals surface area (Å²) in [6, 6.07) is 1.91. The highest BCUT2D eigenvalue weighted by atomic mass is 79.9. The van der Waals surface area contributed by atoms with Gasteiger partial charge in [-0.25, -0.2) is 0 Å². The largest absolute Gasteiger partial charge is 0.459 e. The average Bonchev–Trinajstić information content (AvgIpc) is 2.75. The smallest absolute Gasteiger partial charge is 0.323 e. The lowest BCUT2D eigenvalue weighted by molar-refractivity contribution is -0.160. The summed E-state index contributed by atoms with van der Waals surface area (Å²) in [5, 5.41) is 0. The zero-order valence-corrected chi connectivity index (χ0v) is 13.8. The number of hydrogen-bond donors (Lipinski definition) is 0. The second-order valence-electron chi connectivity index (χ2n) is 6.17. The van der Waals surface area contributed by atoms with Crippen LogP contribution in [0.15, 0.2) is 22.9 Å². The van der Waals surface area contributed by atoms with Gasteiger partial charge in [0.05, 0.1) is 0 Å². The van der Waals surface area contributed by atoms with Crippen LogP contribution >= 0.6 is 15.9 Å². The molecule has 1 aliphatic rings. The summed E-state index contributed by atoms with van der Waals surface area (Å²) in [4.78, 5) is 18.6. The third-order valence-electron chi connectivity index (χ3n) is 3.19. The predicted molar refractivity (Wildman–Crippen MR) is 81.2 cm³/mol. The van der Waals surface area contributed by atoms with E-state index in [1.165, 1.54) is 0 Å². The lowest BCUT2D eigenvalue weighted by atomic mass is 10.1. The highest BCUT2D eigenvalue weighted by Crippen LogP contribution is 2.23. The van der Waals surface area contributed by atoms with Gasteiger partial charge in [0, 0.05) is 23.4 Å². The SMILES string of the molecule is CC(C)(C)OC(=O)[C@@H]1CCCN1Cc1cncc(Br)c1. The van der Waals surface area contributed by atoms with Gasteiger partial charge in [-0.15, -0.1) is 0 Å². The summed E-state index contributed by atoms with van der Waals surface area (Å²) in [6.07, 6.45) is 5.51. The van der Waals surface area contributed by atoms with E-state index in [0.29, 0.717) is 0 Å². The molecule has 0 aromatic carbocycles. The summed E-state index contributed by atoms with van der Waals surface area (Å²) < 4.78 is 6.47. The minimum Gasteiger partial charge on any atom is -0.459 e. The molecule has 2 rings (SSSR count). The van der Waals surface area contributed by atoms with Gasteiger partial charge in [-0.1, -0.05) is 0 Å². The average molecular weight is 341 g/mol. The molecule has 110 valence electrons. The topological polar surface area (TPSA) is 42.4 Å². The molecule has 4 nitrogen and oxygen atoms in total. The van der Waals surface area contributed by atoms with Crippen molar-refractivity contribution in [2.75, 3.05) is 6.54 Å². The maximum Gasteiger partial charge on any atom is 0.323 e. The molecule has 1 aromatic rings. The van der Waals surface area contributed by atoms with Crippen LogP contribution in [0.3, 0.4) is 0 Å².